The molecule has 0 amide bonds. The van der Waals surface area contributed by atoms with Crippen LogP contribution in [0.3, 0.4) is 0 Å². The van der Waals surface area contributed by atoms with Crippen molar-refractivity contribution in [2.45, 2.75) is 0 Å². The minimum absolute atomic E-state index is 0.292. The molecular weight excluding hydrogens is 382 g/mol. The predicted molar refractivity (Wildman–Crippen MR) is 80.1 cm³/mol. The highest BCUT2D eigenvalue weighted by atomic mass is 79.9. The van der Waals surface area contributed by atoms with Gasteiger partial charge in [-0.25, -0.2) is 13.6 Å². The molecule has 0 radical (unpaired) electrons. The van der Waals surface area contributed by atoms with E-state index in [1.165, 1.54) is 0 Å². The maximum Gasteiger partial charge on any atom is 0.340 e. The van der Waals surface area contributed by atoms with Crippen LogP contribution in [0.5, 0.6) is 0 Å². The van der Waals surface area contributed by atoms with E-state index in [1.54, 1.807) is 24.3 Å². The monoisotopic (exact) mass is 388 g/mol. The molecule has 0 aliphatic heterocycles. The van der Waals surface area contributed by atoms with Crippen LogP contribution in [-0.4, -0.2) is 18.4 Å². The molecule has 7 heteroatoms. The van der Waals surface area contributed by atoms with Crippen molar-refractivity contribution in [2.75, 3.05) is 6.61 Å². The summed E-state index contributed by atoms with van der Waals surface area (Å²) in [6.07, 6.45) is 0. The van der Waals surface area contributed by atoms with Gasteiger partial charge < -0.3 is 4.74 Å². The molecule has 0 saturated carbocycles. The molecule has 114 valence electrons. The van der Waals surface area contributed by atoms with Gasteiger partial charge in [-0.05, 0) is 24.3 Å². The van der Waals surface area contributed by atoms with Crippen molar-refractivity contribution in [1.82, 2.24) is 0 Å². The third-order valence-corrected chi connectivity index (χ3v) is 3.57. The largest absolute Gasteiger partial charge is 0.454 e. The van der Waals surface area contributed by atoms with Crippen LogP contribution in [0, 0.1) is 11.6 Å². The van der Waals surface area contributed by atoms with Crippen LogP contribution < -0.4 is 0 Å². The zero-order valence-electron chi connectivity index (χ0n) is 10.9. The van der Waals surface area contributed by atoms with E-state index in [0.717, 1.165) is 4.47 Å². The Labute approximate surface area is 138 Å². The van der Waals surface area contributed by atoms with Gasteiger partial charge in [-0.3, -0.25) is 4.79 Å². The lowest BCUT2D eigenvalue weighted by Crippen LogP contribution is -2.15. The quantitative estimate of drug-likeness (QED) is 0.442. The van der Waals surface area contributed by atoms with Crippen LogP contribution in [0.1, 0.15) is 20.7 Å². The predicted octanol–water partition coefficient (Wildman–Crippen LogP) is 4.42. The molecule has 0 aliphatic carbocycles. The summed E-state index contributed by atoms with van der Waals surface area (Å²) in [5.41, 5.74) is 0.0107. The average Bonchev–Trinajstić information content (AvgIpc) is 2.49. The molecule has 0 fully saturated rings. The molecule has 3 nitrogen and oxygen atoms in total. The Morgan fingerprint density at radius 3 is 2.32 bits per heavy atom. The molecule has 2 rings (SSSR count). The van der Waals surface area contributed by atoms with E-state index in [-0.39, 0.29) is 10.6 Å². The first-order chi connectivity index (χ1) is 10.4. The lowest BCUT2D eigenvalue weighted by atomic mass is 10.1. The molecule has 22 heavy (non-hydrogen) atoms. The number of ether oxygens (including phenoxy) is 1. The Balaban J connectivity index is 2.05. The van der Waals surface area contributed by atoms with Crippen molar-refractivity contribution in [3.8, 4) is 0 Å². The zero-order chi connectivity index (χ0) is 16.3. The molecule has 2 aromatic carbocycles. The van der Waals surface area contributed by atoms with E-state index in [9.17, 15) is 18.4 Å². The van der Waals surface area contributed by atoms with Gasteiger partial charge in [0.15, 0.2) is 24.0 Å². The van der Waals surface area contributed by atoms with Gasteiger partial charge in [0.2, 0.25) is 0 Å². The van der Waals surface area contributed by atoms with Gasteiger partial charge in [0.25, 0.3) is 0 Å². The summed E-state index contributed by atoms with van der Waals surface area (Å²) in [6.45, 7) is -0.532. The van der Waals surface area contributed by atoms with Crippen LogP contribution in [0.25, 0.3) is 0 Å². The van der Waals surface area contributed by atoms with Crippen molar-refractivity contribution in [3.63, 3.8) is 0 Å². The Morgan fingerprint density at radius 1 is 1.09 bits per heavy atom. The SMILES string of the molecule is O=C(COC(=O)c1cc(F)c(F)cc1Cl)c1ccc(Br)cc1. The summed E-state index contributed by atoms with van der Waals surface area (Å²) >= 11 is 8.88. The first kappa shape index (κ1) is 16.6. The summed E-state index contributed by atoms with van der Waals surface area (Å²) in [5.74, 6) is -3.84. The van der Waals surface area contributed by atoms with Gasteiger partial charge in [0.1, 0.15) is 0 Å². The third kappa shape index (κ3) is 3.90. The third-order valence-electron chi connectivity index (χ3n) is 2.73. The molecule has 0 unspecified atom stereocenters. The highest BCUT2D eigenvalue weighted by molar-refractivity contribution is 9.10. The van der Waals surface area contributed by atoms with Crippen molar-refractivity contribution < 1.29 is 23.1 Å². The molecule has 0 aliphatic rings. The van der Waals surface area contributed by atoms with Crippen molar-refractivity contribution in [1.29, 1.82) is 0 Å². The lowest BCUT2D eigenvalue weighted by molar-refractivity contribution is 0.0474. The van der Waals surface area contributed by atoms with E-state index in [0.29, 0.717) is 17.7 Å². The van der Waals surface area contributed by atoms with Crippen molar-refractivity contribution >= 4 is 39.3 Å². The molecule has 0 saturated heterocycles. The van der Waals surface area contributed by atoms with Gasteiger partial charge in [-0.15, -0.1) is 0 Å². The average molecular weight is 390 g/mol. The number of carbonyl (C=O) groups excluding carboxylic acids is 2. The fourth-order valence-corrected chi connectivity index (χ4v) is 2.10. The molecule has 0 aromatic heterocycles. The van der Waals surface area contributed by atoms with Crippen molar-refractivity contribution in [3.05, 3.63) is 68.7 Å². The van der Waals surface area contributed by atoms with Crippen LogP contribution in [-0.2, 0) is 4.74 Å². The summed E-state index contributed by atoms with van der Waals surface area (Å²) in [6, 6.07) is 7.76. The number of benzene rings is 2. The van der Waals surface area contributed by atoms with Gasteiger partial charge in [-0.1, -0.05) is 39.7 Å². The summed E-state index contributed by atoms with van der Waals surface area (Å²) in [7, 11) is 0. The van der Waals surface area contributed by atoms with E-state index < -0.39 is 30.0 Å². The maximum absolute atomic E-state index is 13.1. The van der Waals surface area contributed by atoms with E-state index in [2.05, 4.69) is 15.9 Å². The number of rotatable bonds is 4. The Hall–Kier alpha value is -1.79. The van der Waals surface area contributed by atoms with Crippen LogP contribution in [0.4, 0.5) is 8.78 Å². The molecule has 0 bridgehead atoms. The van der Waals surface area contributed by atoms with Gasteiger partial charge in [0, 0.05) is 10.0 Å². The molecular formula is C15H8BrClF2O3. The van der Waals surface area contributed by atoms with Gasteiger partial charge in [0.05, 0.1) is 10.6 Å². The van der Waals surface area contributed by atoms with E-state index >= 15 is 0 Å². The normalized spacial score (nSPS) is 10.4. The fraction of sp³-hybridized carbons (Fsp3) is 0.0667. The van der Waals surface area contributed by atoms with E-state index in [1.807, 2.05) is 0 Å². The highest BCUT2D eigenvalue weighted by Crippen LogP contribution is 2.21. The van der Waals surface area contributed by atoms with Crippen LogP contribution >= 0.6 is 27.5 Å². The number of Topliss-reactive ketones (excluding diaryl/α,β-unsaturated/α-hetero) is 1. The first-order valence-corrected chi connectivity index (χ1v) is 7.16. The summed E-state index contributed by atoms with van der Waals surface area (Å²) < 4.78 is 31.6. The highest BCUT2D eigenvalue weighted by Gasteiger charge is 2.17. The smallest absolute Gasteiger partial charge is 0.340 e. The summed E-state index contributed by atoms with van der Waals surface area (Å²) in [4.78, 5) is 23.6. The minimum Gasteiger partial charge on any atom is -0.454 e. The number of halogens is 4. The maximum atomic E-state index is 13.1. The number of esters is 1. The summed E-state index contributed by atoms with van der Waals surface area (Å²) in [5, 5.41) is -0.292. The van der Waals surface area contributed by atoms with Gasteiger partial charge >= 0.3 is 5.97 Å². The van der Waals surface area contributed by atoms with Crippen molar-refractivity contribution in [2.24, 2.45) is 0 Å². The second-order valence-corrected chi connectivity index (χ2v) is 5.58. The fourth-order valence-electron chi connectivity index (χ4n) is 1.61. The Kier molecular flexibility index (Phi) is 5.26. The minimum atomic E-state index is -1.23. The second kappa shape index (κ2) is 6.98. The molecule has 0 N–H and O–H groups in total. The lowest BCUT2D eigenvalue weighted by Gasteiger charge is -2.06. The molecule has 0 spiro atoms. The number of carbonyl (C=O) groups is 2. The number of hydrogen-bond donors (Lipinski definition) is 0. The standard InChI is InChI=1S/C15H8BrClF2O3/c16-9-3-1-8(2-4-9)14(20)7-22-15(21)10-5-12(18)13(19)6-11(10)17/h1-6H,7H2. The van der Waals surface area contributed by atoms with Crippen LogP contribution in [0.2, 0.25) is 5.02 Å². The molecule has 2 aromatic rings. The number of ketones is 1. The topological polar surface area (TPSA) is 43.4 Å². The molecule has 0 atom stereocenters. The second-order valence-electron chi connectivity index (χ2n) is 4.25. The Morgan fingerprint density at radius 2 is 1.68 bits per heavy atom. The zero-order valence-corrected chi connectivity index (χ0v) is 13.2. The van der Waals surface area contributed by atoms with Gasteiger partial charge in [-0.2, -0.15) is 0 Å². The first-order valence-electron chi connectivity index (χ1n) is 5.99. The Bertz CT molecular complexity index is 732. The van der Waals surface area contributed by atoms with Crippen LogP contribution in [0.15, 0.2) is 40.9 Å². The number of hydrogen-bond acceptors (Lipinski definition) is 3. The molecule has 0 heterocycles. The van der Waals surface area contributed by atoms with E-state index in [4.69, 9.17) is 16.3 Å².